The molecule has 0 N–H and O–H groups in total. The first-order valence-electron chi connectivity index (χ1n) is 8.93. The van der Waals surface area contributed by atoms with Gasteiger partial charge in [-0.3, -0.25) is 0 Å². The molecule has 6 nitrogen and oxygen atoms in total. The van der Waals surface area contributed by atoms with E-state index in [0.29, 0.717) is 28.6 Å². The van der Waals surface area contributed by atoms with Crippen molar-refractivity contribution in [2.24, 2.45) is 0 Å². The Labute approximate surface area is 157 Å². The van der Waals surface area contributed by atoms with Crippen molar-refractivity contribution in [1.82, 2.24) is 25.0 Å². The molecule has 0 atom stereocenters. The Kier molecular flexibility index (Phi) is 4.31. The summed E-state index contributed by atoms with van der Waals surface area (Å²) in [4.78, 5) is 9.40. The summed E-state index contributed by atoms with van der Waals surface area (Å²) in [5.41, 5.74) is 2.06. The average Bonchev–Trinajstić information content (AvgIpc) is 2.95. The van der Waals surface area contributed by atoms with Gasteiger partial charge in [-0.1, -0.05) is 55.8 Å². The lowest BCUT2D eigenvalue weighted by Gasteiger charge is -2.26. The van der Waals surface area contributed by atoms with E-state index in [1.165, 1.54) is 6.42 Å². The van der Waals surface area contributed by atoms with Gasteiger partial charge in [0.1, 0.15) is 11.9 Å². The van der Waals surface area contributed by atoms with E-state index in [2.05, 4.69) is 36.1 Å². The van der Waals surface area contributed by atoms with Crippen molar-refractivity contribution >= 4 is 22.8 Å². The van der Waals surface area contributed by atoms with E-state index in [1.807, 2.05) is 24.3 Å². The number of ether oxygens (including phenoxy) is 1. The highest BCUT2D eigenvalue weighted by atomic mass is 35.5. The first-order valence-corrected chi connectivity index (χ1v) is 9.31. The van der Waals surface area contributed by atoms with E-state index in [9.17, 15) is 0 Å². The van der Waals surface area contributed by atoms with E-state index in [0.717, 1.165) is 24.2 Å². The lowest BCUT2D eigenvalue weighted by molar-refractivity contribution is 0.115. The van der Waals surface area contributed by atoms with Crippen molar-refractivity contribution in [3.63, 3.8) is 0 Å². The first kappa shape index (κ1) is 17.2. The van der Waals surface area contributed by atoms with E-state index in [4.69, 9.17) is 21.3 Å². The topological polar surface area (TPSA) is 65.7 Å². The molecule has 1 aliphatic rings. The fraction of sp³-hybridized carbons (Fsp3) is 0.474. The summed E-state index contributed by atoms with van der Waals surface area (Å²) in [6.45, 7) is 6.76. The minimum atomic E-state index is -0.203. The molecule has 0 saturated heterocycles. The van der Waals surface area contributed by atoms with Crippen molar-refractivity contribution in [3.8, 4) is 5.88 Å². The second-order valence-corrected chi connectivity index (χ2v) is 8.19. The molecule has 0 amide bonds. The van der Waals surface area contributed by atoms with Crippen LogP contribution in [0.2, 0.25) is 5.02 Å². The molecule has 0 spiro atoms. The second kappa shape index (κ2) is 6.50. The molecule has 1 aliphatic carbocycles. The van der Waals surface area contributed by atoms with Crippen LogP contribution in [0.15, 0.2) is 24.3 Å². The van der Waals surface area contributed by atoms with Crippen molar-refractivity contribution in [2.75, 3.05) is 0 Å². The van der Waals surface area contributed by atoms with E-state index in [1.54, 1.807) is 4.68 Å². The molecule has 0 radical (unpaired) electrons. The van der Waals surface area contributed by atoms with Gasteiger partial charge < -0.3 is 4.74 Å². The van der Waals surface area contributed by atoms with Crippen LogP contribution in [0.1, 0.15) is 51.4 Å². The van der Waals surface area contributed by atoms with Crippen LogP contribution in [0.25, 0.3) is 11.2 Å². The zero-order valence-corrected chi connectivity index (χ0v) is 16.0. The van der Waals surface area contributed by atoms with E-state index < -0.39 is 0 Å². The highest BCUT2D eigenvalue weighted by molar-refractivity contribution is 6.31. The molecule has 4 rings (SSSR count). The lowest BCUT2D eigenvalue weighted by atomic mass is 9.95. The fourth-order valence-electron chi connectivity index (χ4n) is 2.79. The maximum Gasteiger partial charge on any atom is 0.248 e. The Bertz CT molecular complexity index is 943. The second-order valence-electron chi connectivity index (χ2n) is 7.78. The van der Waals surface area contributed by atoms with Gasteiger partial charge in [0, 0.05) is 10.4 Å². The molecular formula is C19H22ClN5O. The number of benzene rings is 1. The van der Waals surface area contributed by atoms with Crippen LogP contribution < -0.4 is 4.74 Å². The number of nitrogens with zero attached hydrogens (tertiary/aromatic N) is 5. The van der Waals surface area contributed by atoms with Crippen LogP contribution in [0.3, 0.4) is 0 Å². The maximum atomic E-state index is 6.30. The number of hydrogen-bond acceptors (Lipinski definition) is 5. The molecule has 26 heavy (non-hydrogen) atoms. The fourth-order valence-corrected chi connectivity index (χ4v) is 2.99. The van der Waals surface area contributed by atoms with Crippen LogP contribution >= 0.6 is 11.6 Å². The summed E-state index contributed by atoms with van der Waals surface area (Å²) in [5, 5.41) is 9.29. The smallest absolute Gasteiger partial charge is 0.248 e. The number of halogens is 1. The molecule has 136 valence electrons. The zero-order chi connectivity index (χ0) is 18.3. The van der Waals surface area contributed by atoms with Crippen LogP contribution in [0.4, 0.5) is 0 Å². The Balaban J connectivity index is 1.79. The third-order valence-corrected chi connectivity index (χ3v) is 4.98. The Morgan fingerprint density at radius 1 is 1.19 bits per heavy atom. The van der Waals surface area contributed by atoms with Gasteiger partial charge in [0.25, 0.3) is 0 Å². The molecule has 3 aromatic rings. The van der Waals surface area contributed by atoms with Gasteiger partial charge in [-0.15, -0.1) is 5.10 Å². The molecule has 2 aromatic heterocycles. The highest BCUT2D eigenvalue weighted by Crippen LogP contribution is 2.30. The van der Waals surface area contributed by atoms with E-state index in [-0.39, 0.29) is 11.5 Å². The Hall–Kier alpha value is -2.21. The lowest BCUT2D eigenvalue weighted by Crippen LogP contribution is -2.26. The third kappa shape index (κ3) is 3.26. The van der Waals surface area contributed by atoms with Gasteiger partial charge in [0.05, 0.1) is 6.54 Å². The largest absolute Gasteiger partial charge is 0.473 e. The van der Waals surface area contributed by atoms with Crippen LogP contribution in [0, 0.1) is 0 Å². The number of hydrogen-bond donors (Lipinski definition) is 0. The third-order valence-electron chi connectivity index (χ3n) is 4.61. The molecular weight excluding hydrogens is 350 g/mol. The van der Waals surface area contributed by atoms with Crippen molar-refractivity contribution in [2.45, 2.75) is 58.1 Å². The molecule has 2 heterocycles. The SMILES string of the molecule is CC(C)(C)c1nc(OC2CCC2)c2nnn(Cc3ccccc3Cl)c2n1. The average molecular weight is 372 g/mol. The molecule has 1 saturated carbocycles. The summed E-state index contributed by atoms with van der Waals surface area (Å²) in [6.07, 6.45) is 3.54. The minimum Gasteiger partial charge on any atom is -0.473 e. The standard InChI is InChI=1S/C19H22ClN5O/c1-19(2,3)18-21-16-15(17(22-18)26-13-8-6-9-13)23-24-25(16)11-12-7-4-5-10-14(12)20/h4-5,7,10,13H,6,8-9,11H2,1-3H3. The van der Waals surface area contributed by atoms with E-state index >= 15 is 0 Å². The molecule has 7 heteroatoms. The Morgan fingerprint density at radius 2 is 1.96 bits per heavy atom. The van der Waals surface area contributed by atoms with Crippen LogP contribution in [-0.2, 0) is 12.0 Å². The van der Waals surface area contributed by atoms with Crippen LogP contribution in [-0.4, -0.2) is 31.1 Å². The van der Waals surface area contributed by atoms with Gasteiger partial charge in [-0.2, -0.15) is 4.98 Å². The highest BCUT2D eigenvalue weighted by Gasteiger charge is 2.27. The minimum absolute atomic E-state index is 0.203. The normalized spacial score (nSPS) is 15.2. The summed E-state index contributed by atoms with van der Waals surface area (Å²) in [5.74, 6) is 1.26. The van der Waals surface area contributed by atoms with Crippen molar-refractivity contribution in [3.05, 3.63) is 40.7 Å². The van der Waals surface area contributed by atoms with Gasteiger partial charge >= 0.3 is 0 Å². The van der Waals surface area contributed by atoms with Gasteiger partial charge in [-0.25, -0.2) is 9.67 Å². The van der Waals surface area contributed by atoms with Crippen molar-refractivity contribution < 1.29 is 4.74 Å². The summed E-state index contributed by atoms with van der Waals surface area (Å²) in [7, 11) is 0. The van der Waals surface area contributed by atoms with Crippen LogP contribution in [0.5, 0.6) is 5.88 Å². The van der Waals surface area contributed by atoms with Gasteiger partial charge in [0.2, 0.25) is 5.88 Å². The predicted octanol–water partition coefficient (Wildman–Crippen LogP) is 4.15. The van der Waals surface area contributed by atoms with Gasteiger partial charge in [-0.05, 0) is 30.9 Å². The molecule has 1 fully saturated rings. The maximum absolute atomic E-state index is 6.30. The molecule has 1 aromatic carbocycles. The quantitative estimate of drug-likeness (QED) is 0.689. The summed E-state index contributed by atoms with van der Waals surface area (Å²) in [6, 6.07) is 7.72. The molecule has 0 aliphatic heterocycles. The van der Waals surface area contributed by atoms with Crippen molar-refractivity contribution in [1.29, 1.82) is 0 Å². The summed E-state index contributed by atoms with van der Waals surface area (Å²) < 4.78 is 7.86. The number of fused-ring (bicyclic) bond motifs is 1. The molecule has 0 unspecified atom stereocenters. The summed E-state index contributed by atoms with van der Waals surface area (Å²) >= 11 is 6.30. The monoisotopic (exact) mass is 371 g/mol. The zero-order valence-electron chi connectivity index (χ0n) is 15.2. The Morgan fingerprint density at radius 3 is 2.62 bits per heavy atom. The number of aromatic nitrogens is 5. The van der Waals surface area contributed by atoms with Gasteiger partial charge in [0.15, 0.2) is 11.2 Å². The molecule has 0 bridgehead atoms. The number of rotatable bonds is 4. The predicted molar refractivity (Wildman–Crippen MR) is 101 cm³/mol. The first-order chi connectivity index (χ1) is 12.4.